The molecule has 0 saturated heterocycles. The summed E-state index contributed by atoms with van der Waals surface area (Å²) in [6, 6.07) is 6.50. The van der Waals surface area contributed by atoms with Crippen molar-refractivity contribution in [2.75, 3.05) is 0 Å². The molecule has 0 aliphatic heterocycles. The minimum absolute atomic E-state index is 1.17. The van der Waals surface area contributed by atoms with Gasteiger partial charge in [0.05, 0.1) is 0 Å². The van der Waals surface area contributed by atoms with Crippen LogP contribution >= 0.6 is 0 Å². The second kappa shape index (κ2) is 2.87. The summed E-state index contributed by atoms with van der Waals surface area (Å²) in [4.78, 5) is 0. The molecule has 0 nitrogen and oxygen atoms in total. The number of benzene rings is 1. The van der Waals surface area contributed by atoms with E-state index in [2.05, 4.69) is 32.0 Å². The molecular weight excluding hydrogens is 119 g/mol. The van der Waals surface area contributed by atoms with Gasteiger partial charge < -0.3 is 0 Å². The third kappa shape index (κ3) is 1.57. The van der Waals surface area contributed by atoms with Crippen LogP contribution in [-0.4, -0.2) is 27.9 Å². The Morgan fingerprint density at radius 3 is 2.33 bits per heavy atom. The molecule has 0 aliphatic carbocycles. The normalized spacial score (nSPS) is 9.78. The maximum atomic E-state index is 2.20. The Hall–Kier alpha value is 0.220. The third-order valence-electron chi connectivity index (χ3n) is 1.88. The van der Waals surface area contributed by atoms with Crippen molar-refractivity contribution in [1.82, 2.24) is 0 Å². The van der Waals surface area contributed by atoms with Gasteiger partial charge in [-0.25, -0.2) is 0 Å². The van der Waals surface area contributed by atoms with Gasteiger partial charge in [-0.1, -0.05) is 0 Å². The summed E-state index contributed by atoms with van der Waals surface area (Å²) in [7, 11) is 0. The molecule has 0 saturated carbocycles. The SMILES string of the molecule is Cc1ccc[c]([Na])c1C. The van der Waals surface area contributed by atoms with E-state index in [-0.39, 0.29) is 0 Å². The van der Waals surface area contributed by atoms with E-state index in [1.807, 2.05) is 0 Å². The Bertz CT molecular complexity index is 196. The molecule has 0 heterocycles. The van der Waals surface area contributed by atoms with E-state index in [9.17, 15) is 0 Å². The van der Waals surface area contributed by atoms with Crippen LogP contribution in [0, 0.1) is 13.8 Å². The van der Waals surface area contributed by atoms with Gasteiger partial charge in [-0.2, -0.15) is 0 Å². The molecule has 42 valence electrons. The standard InChI is InChI=1S/C8H9.Na/c1-7-5-3-4-6-8(7)2;/h3-5H,1-2H3;. The fraction of sp³-hybridized carbons (Fsp3) is 0.250. The van der Waals surface area contributed by atoms with Crippen molar-refractivity contribution in [3.63, 3.8) is 0 Å². The molecule has 0 aliphatic rings. The van der Waals surface area contributed by atoms with Crippen molar-refractivity contribution in [3.8, 4) is 0 Å². The minimum atomic E-state index is 1.17. The molecule has 1 aromatic rings. The molecule has 0 spiro atoms. The topological polar surface area (TPSA) is 0 Å². The summed E-state index contributed by atoms with van der Waals surface area (Å²) in [5, 5.41) is 0. The molecule has 1 heteroatoms. The first-order chi connectivity index (χ1) is 4.22. The fourth-order valence-electron chi connectivity index (χ4n) is 0.898. The molecule has 0 atom stereocenters. The van der Waals surface area contributed by atoms with E-state index in [1.165, 1.54) is 41.9 Å². The van der Waals surface area contributed by atoms with Gasteiger partial charge in [0.15, 0.2) is 0 Å². The maximum absolute atomic E-state index is 2.20. The first-order valence-corrected chi connectivity index (χ1v) is 4.24. The third-order valence-corrected chi connectivity index (χ3v) is 2.96. The zero-order chi connectivity index (χ0) is 6.85. The summed E-state index contributed by atoms with van der Waals surface area (Å²) in [5.41, 5.74) is 2.90. The Morgan fingerprint density at radius 2 is 1.89 bits per heavy atom. The van der Waals surface area contributed by atoms with Crippen molar-refractivity contribution >= 4 is 30.7 Å². The first kappa shape index (κ1) is 7.33. The van der Waals surface area contributed by atoms with E-state index >= 15 is 0 Å². The van der Waals surface area contributed by atoms with Crippen LogP contribution in [0.5, 0.6) is 0 Å². The van der Waals surface area contributed by atoms with Crippen LogP contribution in [0.15, 0.2) is 18.2 Å². The van der Waals surface area contributed by atoms with Crippen molar-refractivity contribution in [1.29, 1.82) is 0 Å². The van der Waals surface area contributed by atoms with E-state index in [0.717, 1.165) is 0 Å². The van der Waals surface area contributed by atoms with Crippen LogP contribution in [0.25, 0.3) is 0 Å². The summed E-state index contributed by atoms with van der Waals surface area (Å²) >= 11 is 1.17. The van der Waals surface area contributed by atoms with Crippen LogP contribution in [0.2, 0.25) is 0 Å². The van der Waals surface area contributed by atoms with E-state index < -0.39 is 0 Å². The van der Waals surface area contributed by atoms with E-state index in [1.54, 1.807) is 0 Å². The number of hydrogen-bond acceptors (Lipinski definition) is 0. The van der Waals surface area contributed by atoms with Gasteiger partial charge in [-0.15, -0.1) is 0 Å². The summed E-state index contributed by atoms with van der Waals surface area (Å²) < 4.78 is 1.52. The zero-order valence-electron chi connectivity index (χ0n) is 6.23. The van der Waals surface area contributed by atoms with Gasteiger partial charge in [0.2, 0.25) is 0 Å². The fourth-order valence-corrected chi connectivity index (χ4v) is 1.48. The average Bonchev–Trinajstić information content (AvgIpc) is 1.83. The summed E-state index contributed by atoms with van der Waals surface area (Å²) in [5.74, 6) is 0. The molecule has 1 aromatic carbocycles. The van der Waals surface area contributed by atoms with Crippen LogP contribution in [-0.2, 0) is 0 Å². The molecule has 0 amide bonds. The molecule has 0 aromatic heterocycles. The van der Waals surface area contributed by atoms with Crippen molar-refractivity contribution in [3.05, 3.63) is 29.3 Å². The molecule has 9 heavy (non-hydrogen) atoms. The van der Waals surface area contributed by atoms with Crippen LogP contribution < -0.4 is 2.81 Å². The molecule has 0 unspecified atom stereocenters. The van der Waals surface area contributed by atoms with Gasteiger partial charge in [-0.3, -0.25) is 0 Å². The number of hydrogen-bond donors (Lipinski definition) is 0. The monoisotopic (exact) mass is 128 g/mol. The van der Waals surface area contributed by atoms with E-state index in [4.69, 9.17) is 0 Å². The van der Waals surface area contributed by atoms with Gasteiger partial charge in [0, 0.05) is 0 Å². The van der Waals surface area contributed by atoms with Crippen molar-refractivity contribution in [2.24, 2.45) is 0 Å². The van der Waals surface area contributed by atoms with E-state index in [0.29, 0.717) is 0 Å². The predicted octanol–water partition coefficient (Wildman–Crippen LogP) is 1.10. The average molecular weight is 128 g/mol. The number of aryl methyl sites for hydroxylation is 1. The van der Waals surface area contributed by atoms with Crippen LogP contribution in [0.3, 0.4) is 0 Å². The second-order valence-electron chi connectivity index (χ2n) is 2.52. The van der Waals surface area contributed by atoms with Gasteiger partial charge in [-0.05, 0) is 0 Å². The van der Waals surface area contributed by atoms with Crippen LogP contribution in [0.4, 0.5) is 0 Å². The quantitative estimate of drug-likeness (QED) is 0.459. The Labute approximate surface area is 73.7 Å². The summed E-state index contributed by atoms with van der Waals surface area (Å²) in [6.07, 6.45) is 0. The summed E-state index contributed by atoms with van der Waals surface area (Å²) in [6.45, 7) is 4.36. The zero-order valence-corrected chi connectivity index (χ0v) is 8.23. The van der Waals surface area contributed by atoms with Gasteiger partial charge >= 0.3 is 73.9 Å². The first-order valence-electron chi connectivity index (χ1n) is 3.24. The van der Waals surface area contributed by atoms with Gasteiger partial charge in [0.1, 0.15) is 0 Å². The Kier molecular flexibility index (Phi) is 2.34. The number of rotatable bonds is 0. The van der Waals surface area contributed by atoms with Gasteiger partial charge in [0.25, 0.3) is 0 Å². The molecule has 1 rings (SSSR count). The Morgan fingerprint density at radius 1 is 1.22 bits per heavy atom. The molecule has 0 N–H and O–H groups in total. The second-order valence-corrected chi connectivity index (χ2v) is 3.59. The van der Waals surface area contributed by atoms with Crippen molar-refractivity contribution < 1.29 is 0 Å². The Balaban J connectivity index is 3.25. The van der Waals surface area contributed by atoms with Crippen LogP contribution in [0.1, 0.15) is 11.1 Å². The molecular formula is C8H9Na. The molecule has 0 fully saturated rings. The van der Waals surface area contributed by atoms with Crippen molar-refractivity contribution in [2.45, 2.75) is 13.8 Å². The molecule has 0 radical (unpaired) electrons. The predicted molar refractivity (Wildman–Crippen MR) is 41.3 cm³/mol. The molecule has 0 bridgehead atoms.